The highest BCUT2D eigenvalue weighted by Crippen LogP contribution is 2.34. The molecule has 0 atom stereocenters. The van der Waals surface area contributed by atoms with Gasteiger partial charge in [0.15, 0.2) is 5.69 Å². The normalized spacial score (nSPS) is 11.3. The number of hydrogen-bond acceptors (Lipinski definition) is 4. The maximum atomic E-state index is 13.4. The number of methoxy groups -OCH3 is 1. The van der Waals surface area contributed by atoms with Crippen molar-refractivity contribution >= 4 is 23.2 Å². The largest absolute Gasteiger partial charge is 0.481 e. The van der Waals surface area contributed by atoms with E-state index in [2.05, 4.69) is 15.4 Å². The van der Waals surface area contributed by atoms with Crippen LogP contribution in [-0.2, 0) is 6.18 Å². The van der Waals surface area contributed by atoms with E-state index in [0.717, 1.165) is 10.7 Å². The summed E-state index contributed by atoms with van der Waals surface area (Å²) in [6, 6.07) is 16.8. The first-order chi connectivity index (χ1) is 15.8. The molecule has 0 saturated heterocycles. The fourth-order valence-corrected chi connectivity index (χ4v) is 3.32. The van der Waals surface area contributed by atoms with Gasteiger partial charge in [0, 0.05) is 17.2 Å². The van der Waals surface area contributed by atoms with Gasteiger partial charge in [0.25, 0.3) is 5.91 Å². The molecule has 4 rings (SSSR count). The first kappa shape index (κ1) is 22.3. The van der Waals surface area contributed by atoms with E-state index in [1.807, 2.05) is 0 Å². The monoisotopic (exact) mass is 472 g/mol. The molecule has 10 heteroatoms. The molecule has 168 valence electrons. The van der Waals surface area contributed by atoms with Crippen LogP contribution in [0.2, 0.25) is 5.02 Å². The Morgan fingerprint density at radius 1 is 1.06 bits per heavy atom. The molecule has 6 nitrogen and oxygen atoms in total. The Labute approximate surface area is 191 Å². The van der Waals surface area contributed by atoms with Gasteiger partial charge in [-0.05, 0) is 36.4 Å². The first-order valence-electron chi connectivity index (χ1n) is 9.60. The second-order valence-electron chi connectivity index (χ2n) is 6.90. The molecule has 0 radical (unpaired) electrons. The number of hydrogen-bond donors (Lipinski definition) is 1. The quantitative estimate of drug-likeness (QED) is 0.394. The molecule has 0 saturated carbocycles. The number of aromatic nitrogens is 3. The van der Waals surface area contributed by atoms with Crippen molar-refractivity contribution in [2.75, 3.05) is 12.4 Å². The van der Waals surface area contributed by atoms with E-state index in [4.69, 9.17) is 16.3 Å². The minimum atomic E-state index is -4.63. The summed E-state index contributed by atoms with van der Waals surface area (Å²) in [5, 5.41) is 6.67. The molecule has 2 aromatic heterocycles. The Balaban J connectivity index is 1.65. The predicted molar refractivity (Wildman–Crippen MR) is 118 cm³/mol. The number of ether oxygens (including phenoxy) is 1. The maximum absolute atomic E-state index is 13.4. The molecule has 0 aliphatic carbocycles. The van der Waals surface area contributed by atoms with Gasteiger partial charge < -0.3 is 10.1 Å². The van der Waals surface area contributed by atoms with E-state index in [9.17, 15) is 18.0 Å². The molecule has 4 aromatic rings. The van der Waals surface area contributed by atoms with Crippen molar-refractivity contribution < 1.29 is 22.7 Å². The lowest BCUT2D eigenvalue weighted by atomic mass is 10.1. The molecule has 0 aliphatic heterocycles. The number of rotatable bonds is 5. The molecule has 1 N–H and O–H groups in total. The summed E-state index contributed by atoms with van der Waals surface area (Å²) in [5.74, 6) is 0.00909. The molecule has 0 spiro atoms. The highest BCUT2D eigenvalue weighted by molar-refractivity contribution is 6.32. The van der Waals surface area contributed by atoms with Gasteiger partial charge in [-0.3, -0.25) is 4.79 Å². The van der Waals surface area contributed by atoms with Crippen LogP contribution in [0, 0.1) is 0 Å². The van der Waals surface area contributed by atoms with Gasteiger partial charge in [0.05, 0.1) is 35.4 Å². The zero-order chi connectivity index (χ0) is 23.6. The summed E-state index contributed by atoms with van der Waals surface area (Å²) in [6.07, 6.45) is -3.18. The lowest BCUT2D eigenvalue weighted by molar-refractivity contribution is -0.141. The minimum Gasteiger partial charge on any atom is -0.481 e. The third kappa shape index (κ3) is 4.83. The Kier molecular flexibility index (Phi) is 6.06. The number of halogens is 4. The average Bonchev–Trinajstić information content (AvgIpc) is 3.26. The number of carbonyl (C=O) groups excluding carboxylic acids is 1. The van der Waals surface area contributed by atoms with Crippen molar-refractivity contribution in [1.29, 1.82) is 0 Å². The van der Waals surface area contributed by atoms with E-state index >= 15 is 0 Å². The van der Waals surface area contributed by atoms with Crippen LogP contribution in [0.1, 0.15) is 16.1 Å². The number of nitrogens with zero attached hydrogens (tertiary/aromatic N) is 3. The summed E-state index contributed by atoms with van der Waals surface area (Å²) < 4.78 is 46.2. The molecule has 0 unspecified atom stereocenters. The van der Waals surface area contributed by atoms with Crippen LogP contribution in [0.5, 0.6) is 5.88 Å². The topological polar surface area (TPSA) is 69.0 Å². The minimum absolute atomic E-state index is 0.182. The summed E-state index contributed by atoms with van der Waals surface area (Å²) in [4.78, 5) is 16.5. The van der Waals surface area contributed by atoms with E-state index in [1.165, 1.54) is 25.4 Å². The molecule has 33 heavy (non-hydrogen) atoms. The maximum Gasteiger partial charge on any atom is 0.435 e. The van der Waals surface area contributed by atoms with Crippen LogP contribution in [0.15, 0.2) is 72.9 Å². The summed E-state index contributed by atoms with van der Waals surface area (Å²) in [7, 11) is 1.48. The molecule has 2 heterocycles. The summed E-state index contributed by atoms with van der Waals surface area (Å²) in [5.41, 5.74) is 0.651. The Morgan fingerprint density at radius 3 is 2.39 bits per heavy atom. The Morgan fingerprint density at radius 2 is 1.79 bits per heavy atom. The van der Waals surface area contributed by atoms with Gasteiger partial charge in [0.2, 0.25) is 5.88 Å². The zero-order valence-corrected chi connectivity index (χ0v) is 17.9. The third-order valence-electron chi connectivity index (χ3n) is 4.73. The second kappa shape index (κ2) is 8.95. The lowest BCUT2D eigenvalue weighted by Crippen LogP contribution is -2.12. The first-order valence-corrected chi connectivity index (χ1v) is 9.98. The van der Waals surface area contributed by atoms with Gasteiger partial charge in [-0.1, -0.05) is 35.9 Å². The van der Waals surface area contributed by atoms with E-state index in [0.29, 0.717) is 28.4 Å². The van der Waals surface area contributed by atoms with E-state index < -0.39 is 17.8 Å². The van der Waals surface area contributed by atoms with Crippen molar-refractivity contribution in [2.45, 2.75) is 6.18 Å². The van der Waals surface area contributed by atoms with Gasteiger partial charge in [0.1, 0.15) is 0 Å². The van der Waals surface area contributed by atoms with Crippen molar-refractivity contribution in [3.05, 3.63) is 89.2 Å². The fraction of sp³-hybridized carbons (Fsp3) is 0.0870. The Bertz CT molecular complexity index is 1290. The van der Waals surface area contributed by atoms with Crippen molar-refractivity contribution in [3.63, 3.8) is 0 Å². The molecule has 2 aromatic carbocycles. The third-order valence-corrected chi connectivity index (χ3v) is 5.05. The number of amides is 1. The SMILES string of the molecule is COc1ccc(NC(=O)c2ccc(-c3cc(C(F)(F)F)nn3-c3ccccc3Cl)cc2)cn1. The molecular formula is C23H16ClF3N4O2. The standard InChI is InChI=1S/C23H16ClF3N4O2/c1-33-21-11-10-16(13-28-21)29-22(32)15-8-6-14(7-9-15)19-12-20(23(25,26)27)30-31(19)18-5-3-2-4-17(18)24/h2-13H,1H3,(H,29,32). The molecule has 0 fully saturated rings. The van der Waals surface area contributed by atoms with Crippen LogP contribution in [-0.4, -0.2) is 27.8 Å². The zero-order valence-electron chi connectivity index (χ0n) is 17.1. The van der Waals surface area contributed by atoms with Crippen LogP contribution in [0.3, 0.4) is 0 Å². The van der Waals surface area contributed by atoms with E-state index in [-0.39, 0.29) is 10.7 Å². The molecule has 1 amide bonds. The summed E-state index contributed by atoms with van der Waals surface area (Å²) in [6.45, 7) is 0. The number of para-hydroxylation sites is 1. The van der Waals surface area contributed by atoms with Gasteiger partial charge in [-0.25, -0.2) is 9.67 Å². The highest BCUT2D eigenvalue weighted by atomic mass is 35.5. The van der Waals surface area contributed by atoms with E-state index in [1.54, 1.807) is 48.5 Å². The number of carbonyl (C=O) groups is 1. The molecule has 0 bridgehead atoms. The van der Waals surface area contributed by atoms with Gasteiger partial charge in [-0.15, -0.1) is 0 Å². The predicted octanol–water partition coefficient (Wildman–Crippen LogP) is 5.87. The van der Waals surface area contributed by atoms with Crippen LogP contribution < -0.4 is 10.1 Å². The molecule has 0 aliphatic rings. The van der Waals surface area contributed by atoms with Crippen molar-refractivity contribution in [2.24, 2.45) is 0 Å². The number of anilines is 1. The second-order valence-corrected chi connectivity index (χ2v) is 7.30. The lowest BCUT2D eigenvalue weighted by Gasteiger charge is -2.10. The smallest absolute Gasteiger partial charge is 0.435 e. The van der Waals surface area contributed by atoms with Crippen LogP contribution >= 0.6 is 11.6 Å². The number of benzene rings is 2. The van der Waals surface area contributed by atoms with Crippen molar-refractivity contribution in [1.82, 2.24) is 14.8 Å². The molecular weight excluding hydrogens is 457 g/mol. The number of pyridine rings is 1. The highest BCUT2D eigenvalue weighted by Gasteiger charge is 2.35. The summed E-state index contributed by atoms with van der Waals surface area (Å²) >= 11 is 6.20. The fourth-order valence-electron chi connectivity index (χ4n) is 3.10. The number of nitrogens with one attached hydrogen (secondary N) is 1. The number of alkyl halides is 3. The average molecular weight is 473 g/mol. The van der Waals surface area contributed by atoms with Gasteiger partial charge in [-0.2, -0.15) is 18.3 Å². The van der Waals surface area contributed by atoms with Crippen LogP contribution in [0.25, 0.3) is 16.9 Å². The Hall–Kier alpha value is -3.85. The van der Waals surface area contributed by atoms with Gasteiger partial charge >= 0.3 is 6.18 Å². The van der Waals surface area contributed by atoms with Crippen molar-refractivity contribution in [3.8, 4) is 22.8 Å². The van der Waals surface area contributed by atoms with Crippen LogP contribution in [0.4, 0.5) is 18.9 Å².